The summed E-state index contributed by atoms with van der Waals surface area (Å²) in [6.45, 7) is 7.84. The van der Waals surface area contributed by atoms with E-state index in [1.807, 2.05) is 39.0 Å². The van der Waals surface area contributed by atoms with Crippen molar-refractivity contribution in [2.75, 3.05) is 0 Å². The number of amides is 1. The van der Waals surface area contributed by atoms with Gasteiger partial charge in [0.2, 0.25) is 0 Å². The van der Waals surface area contributed by atoms with Crippen LogP contribution in [0.5, 0.6) is 11.5 Å². The summed E-state index contributed by atoms with van der Waals surface area (Å²) in [6, 6.07) is 20.0. The van der Waals surface area contributed by atoms with Crippen LogP contribution in [-0.4, -0.2) is 22.7 Å². The van der Waals surface area contributed by atoms with Crippen molar-refractivity contribution >= 4 is 11.9 Å². The molecule has 3 rings (SSSR count). The molecule has 0 bridgehead atoms. The van der Waals surface area contributed by atoms with Gasteiger partial charge in [-0.25, -0.2) is 4.79 Å². The molecule has 0 aromatic heterocycles. The highest BCUT2D eigenvalue weighted by Gasteiger charge is 2.42. The van der Waals surface area contributed by atoms with E-state index in [0.29, 0.717) is 23.7 Å². The Bertz CT molecular complexity index is 1140. The third-order valence-corrected chi connectivity index (χ3v) is 5.64. The van der Waals surface area contributed by atoms with E-state index in [2.05, 4.69) is 11.4 Å². The van der Waals surface area contributed by atoms with E-state index in [1.165, 1.54) is 0 Å². The summed E-state index contributed by atoms with van der Waals surface area (Å²) in [7, 11) is 0. The number of carboxylic acid groups (broad SMARTS) is 1. The normalized spacial score (nSPS) is 12.5. The second kappa shape index (κ2) is 10.2. The van der Waals surface area contributed by atoms with Crippen molar-refractivity contribution in [3.63, 3.8) is 0 Å². The van der Waals surface area contributed by atoms with E-state index in [-0.39, 0.29) is 6.42 Å². The molecule has 0 aliphatic heterocycles. The van der Waals surface area contributed by atoms with Crippen LogP contribution in [0, 0.1) is 20.8 Å². The van der Waals surface area contributed by atoms with E-state index in [4.69, 9.17) is 9.47 Å². The average molecular weight is 448 g/mol. The van der Waals surface area contributed by atoms with Gasteiger partial charge in [-0.1, -0.05) is 55.0 Å². The van der Waals surface area contributed by atoms with Crippen molar-refractivity contribution < 1.29 is 24.2 Å². The molecule has 2 N–H and O–H groups in total. The van der Waals surface area contributed by atoms with Gasteiger partial charge in [-0.05, 0) is 61.7 Å². The number of carboxylic acids is 1. The number of rotatable bonds is 9. The summed E-state index contributed by atoms with van der Waals surface area (Å²) in [5, 5.41) is 12.5. The van der Waals surface area contributed by atoms with Gasteiger partial charge in [0.25, 0.3) is 11.6 Å². The molecule has 1 amide bonds. The molecule has 1 atom stereocenters. The van der Waals surface area contributed by atoms with E-state index in [0.717, 1.165) is 22.3 Å². The lowest BCUT2D eigenvalue weighted by atomic mass is 10.1. The Hall–Kier alpha value is -3.80. The molecule has 0 spiro atoms. The van der Waals surface area contributed by atoms with Crippen molar-refractivity contribution in [3.05, 3.63) is 94.5 Å². The summed E-state index contributed by atoms with van der Waals surface area (Å²) < 4.78 is 12.0. The first-order valence-electron chi connectivity index (χ1n) is 10.8. The van der Waals surface area contributed by atoms with E-state index in [1.54, 1.807) is 49.4 Å². The summed E-state index contributed by atoms with van der Waals surface area (Å²) in [5.41, 5.74) is 2.25. The van der Waals surface area contributed by atoms with Crippen molar-refractivity contribution in [3.8, 4) is 11.5 Å². The molecule has 172 valence electrons. The summed E-state index contributed by atoms with van der Waals surface area (Å²) >= 11 is 0. The third kappa shape index (κ3) is 5.52. The predicted octanol–water partition coefficient (Wildman–Crippen LogP) is 5.19. The van der Waals surface area contributed by atoms with E-state index < -0.39 is 17.6 Å². The first-order chi connectivity index (χ1) is 15.8. The molecular formula is C27H29NO5. The highest BCUT2D eigenvalue weighted by Crippen LogP contribution is 2.32. The molecule has 0 fully saturated rings. The van der Waals surface area contributed by atoms with Crippen LogP contribution in [0.15, 0.2) is 66.7 Å². The Morgan fingerprint density at radius 1 is 0.909 bits per heavy atom. The number of nitrogens with one attached hydrogen (secondary N) is 1. The zero-order valence-corrected chi connectivity index (χ0v) is 19.3. The SMILES string of the molecule is CCC(NC(=O)c1ccccc1)(Oc1ccc(OCc2cccc(C)c2)c(C)c1C)C(=O)O. The molecule has 0 aliphatic rings. The van der Waals surface area contributed by atoms with Gasteiger partial charge in [0.15, 0.2) is 0 Å². The van der Waals surface area contributed by atoms with Gasteiger partial charge in [-0.2, -0.15) is 0 Å². The molecule has 33 heavy (non-hydrogen) atoms. The lowest BCUT2D eigenvalue weighted by Gasteiger charge is -2.31. The highest BCUT2D eigenvalue weighted by atomic mass is 16.5. The molecule has 0 saturated heterocycles. The van der Waals surface area contributed by atoms with E-state index in [9.17, 15) is 14.7 Å². The second-order valence-corrected chi connectivity index (χ2v) is 8.00. The molecule has 0 radical (unpaired) electrons. The molecule has 0 aliphatic carbocycles. The quantitative estimate of drug-likeness (QED) is 0.441. The summed E-state index contributed by atoms with van der Waals surface area (Å²) in [4.78, 5) is 24.9. The molecular weight excluding hydrogens is 418 g/mol. The first-order valence-corrected chi connectivity index (χ1v) is 10.8. The van der Waals surface area contributed by atoms with Gasteiger partial charge >= 0.3 is 5.97 Å². The minimum atomic E-state index is -1.91. The van der Waals surface area contributed by atoms with Gasteiger partial charge in [0.1, 0.15) is 18.1 Å². The predicted molar refractivity (Wildman–Crippen MR) is 127 cm³/mol. The van der Waals surface area contributed by atoms with Crippen molar-refractivity contribution in [1.29, 1.82) is 0 Å². The van der Waals surface area contributed by atoms with Crippen molar-refractivity contribution in [2.45, 2.75) is 46.4 Å². The molecule has 0 heterocycles. The lowest BCUT2D eigenvalue weighted by molar-refractivity contribution is -0.158. The smallest absolute Gasteiger partial charge is 0.370 e. The van der Waals surface area contributed by atoms with Crippen LogP contribution in [0.3, 0.4) is 0 Å². The van der Waals surface area contributed by atoms with Crippen LogP contribution in [0.25, 0.3) is 0 Å². The summed E-state index contributed by atoms with van der Waals surface area (Å²) in [6.07, 6.45) is 0.0327. The van der Waals surface area contributed by atoms with Crippen LogP contribution in [0.2, 0.25) is 0 Å². The average Bonchev–Trinajstić information content (AvgIpc) is 2.81. The van der Waals surface area contributed by atoms with Gasteiger partial charge in [0.05, 0.1) is 0 Å². The molecule has 1 unspecified atom stereocenters. The van der Waals surface area contributed by atoms with E-state index >= 15 is 0 Å². The Kier molecular flexibility index (Phi) is 7.38. The van der Waals surface area contributed by atoms with Crippen molar-refractivity contribution in [2.24, 2.45) is 0 Å². The van der Waals surface area contributed by atoms with Gasteiger partial charge in [-0.15, -0.1) is 0 Å². The molecule has 3 aromatic rings. The Morgan fingerprint density at radius 3 is 2.21 bits per heavy atom. The number of aliphatic carboxylic acids is 1. The zero-order chi connectivity index (χ0) is 24.0. The van der Waals surface area contributed by atoms with Crippen molar-refractivity contribution in [1.82, 2.24) is 5.32 Å². The fourth-order valence-corrected chi connectivity index (χ4v) is 3.47. The maximum Gasteiger partial charge on any atom is 0.370 e. The number of ether oxygens (including phenoxy) is 2. The summed E-state index contributed by atoms with van der Waals surface area (Å²) in [5.74, 6) is -0.737. The number of hydrogen-bond donors (Lipinski definition) is 2. The minimum absolute atomic E-state index is 0.0327. The maximum atomic E-state index is 12.7. The molecule has 0 saturated carbocycles. The number of carbonyl (C=O) groups is 2. The first kappa shape index (κ1) is 23.9. The second-order valence-electron chi connectivity index (χ2n) is 8.00. The zero-order valence-electron chi connectivity index (χ0n) is 19.3. The maximum absolute atomic E-state index is 12.7. The topological polar surface area (TPSA) is 84.9 Å². The number of carbonyl (C=O) groups excluding carboxylic acids is 1. The minimum Gasteiger partial charge on any atom is -0.489 e. The molecule has 6 heteroatoms. The van der Waals surface area contributed by atoms with Crippen LogP contribution >= 0.6 is 0 Å². The highest BCUT2D eigenvalue weighted by molar-refractivity contribution is 5.97. The fourth-order valence-electron chi connectivity index (χ4n) is 3.47. The molecule has 3 aromatic carbocycles. The van der Waals surface area contributed by atoms with Gasteiger partial charge < -0.3 is 19.9 Å². The number of hydrogen-bond acceptors (Lipinski definition) is 4. The van der Waals surface area contributed by atoms with Crippen LogP contribution in [0.4, 0.5) is 0 Å². The fraction of sp³-hybridized carbons (Fsp3) is 0.259. The standard InChI is InChI=1S/C27H29NO5/c1-5-27(26(30)31,28-25(29)22-12-7-6-8-13-22)33-24-15-14-23(19(3)20(24)4)32-17-21-11-9-10-18(2)16-21/h6-16H,5,17H2,1-4H3,(H,28,29)(H,30,31). The number of aryl methyl sites for hydroxylation is 1. The van der Waals surface area contributed by atoms with Gasteiger partial charge in [-0.3, -0.25) is 4.79 Å². The Morgan fingerprint density at radius 2 is 1.58 bits per heavy atom. The largest absolute Gasteiger partial charge is 0.489 e. The number of benzene rings is 3. The third-order valence-electron chi connectivity index (χ3n) is 5.64. The monoisotopic (exact) mass is 447 g/mol. The lowest BCUT2D eigenvalue weighted by Crippen LogP contribution is -2.58. The molecule has 6 nitrogen and oxygen atoms in total. The Labute approximate surface area is 194 Å². The Balaban J connectivity index is 1.82. The van der Waals surface area contributed by atoms with Gasteiger partial charge in [0, 0.05) is 12.0 Å². The van der Waals surface area contributed by atoms with Crippen LogP contribution in [-0.2, 0) is 11.4 Å². The van der Waals surface area contributed by atoms with Crippen LogP contribution < -0.4 is 14.8 Å². The van der Waals surface area contributed by atoms with Crippen LogP contribution in [0.1, 0.15) is 46.0 Å².